The lowest BCUT2D eigenvalue weighted by Crippen LogP contribution is -3.14. The lowest BCUT2D eigenvalue weighted by molar-refractivity contribution is -0.908. The van der Waals surface area contributed by atoms with Gasteiger partial charge in [-0.1, -0.05) is 54.3 Å². The normalized spacial score (nSPS) is 20.3. The lowest BCUT2D eigenvalue weighted by Gasteiger charge is -2.29. The van der Waals surface area contributed by atoms with Crippen molar-refractivity contribution in [2.45, 2.75) is 12.5 Å². The van der Waals surface area contributed by atoms with Crippen LogP contribution in [0.3, 0.4) is 0 Å². The Morgan fingerprint density at radius 1 is 1.14 bits per heavy atom. The topological polar surface area (TPSA) is 83.3 Å². The molecule has 2 aliphatic heterocycles. The Morgan fingerprint density at radius 3 is 2.49 bits per heavy atom. The van der Waals surface area contributed by atoms with Crippen molar-refractivity contribution >= 4 is 29.1 Å². The molecular formula is C27H29ClN2O5. The Hall–Kier alpha value is -3.13. The molecule has 35 heavy (non-hydrogen) atoms. The molecule has 1 unspecified atom stereocenters. The SMILES string of the molecule is C=CCOc1ccc(C2C(=C([O-])c3ccc(Cl)cc3)C(=O)C(=O)N2CCC[NH+]2CCOCC2)cc1. The van der Waals surface area contributed by atoms with E-state index in [2.05, 4.69) is 6.58 Å². The first-order chi connectivity index (χ1) is 17.0. The first-order valence-electron chi connectivity index (χ1n) is 11.8. The van der Waals surface area contributed by atoms with Gasteiger partial charge in [-0.3, -0.25) is 9.59 Å². The van der Waals surface area contributed by atoms with Crippen molar-refractivity contribution in [2.75, 3.05) is 46.0 Å². The number of amides is 1. The van der Waals surface area contributed by atoms with E-state index in [9.17, 15) is 14.7 Å². The average Bonchev–Trinajstić information content (AvgIpc) is 3.13. The van der Waals surface area contributed by atoms with Crippen LogP contribution >= 0.6 is 11.6 Å². The molecule has 2 heterocycles. The van der Waals surface area contributed by atoms with E-state index in [1.807, 2.05) is 0 Å². The van der Waals surface area contributed by atoms with E-state index in [0.29, 0.717) is 41.5 Å². The Bertz CT molecular complexity index is 1090. The van der Waals surface area contributed by atoms with Gasteiger partial charge in [0.25, 0.3) is 5.91 Å². The van der Waals surface area contributed by atoms with Crippen molar-refractivity contribution < 1.29 is 29.1 Å². The predicted molar refractivity (Wildman–Crippen MR) is 131 cm³/mol. The van der Waals surface area contributed by atoms with E-state index in [1.165, 1.54) is 9.80 Å². The average molecular weight is 497 g/mol. The predicted octanol–water partition coefficient (Wildman–Crippen LogP) is 1.43. The lowest BCUT2D eigenvalue weighted by atomic mass is 9.95. The smallest absolute Gasteiger partial charge is 0.295 e. The number of carbonyl (C=O) groups is 2. The summed E-state index contributed by atoms with van der Waals surface area (Å²) in [5, 5.41) is 13.9. The van der Waals surface area contributed by atoms with Gasteiger partial charge in [-0.25, -0.2) is 0 Å². The number of hydrogen-bond acceptors (Lipinski definition) is 5. The molecule has 0 spiro atoms. The van der Waals surface area contributed by atoms with Gasteiger partial charge in [0.2, 0.25) is 5.78 Å². The molecule has 8 heteroatoms. The maximum atomic E-state index is 13.4. The molecule has 1 N–H and O–H groups in total. The summed E-state index contributed by atoms with van der Waals surface area (Å²) in [7, 11) is 0. The molecule has 0 aromatic heterocycles. The number of nitrogens with zero attached hydrogens (tertiary/aromatic N) is 1. The number of carbonyl (C=O) groups excluding carboxylic acids is 2. The van der Waals surface area contributed by atoms with E-state index in [0.717, 1.165) is 32.8 Å². The van der Waals surface area contributed by atoms with Gasteiger partial charge in [0.1, 0.15) is 25.4 Å². The molecule has 0 aliphatic carbocycles. The van der Waals surface area contributed by atoms with E-state index < -0.39 is 23.5 Å². The van der Waals surface area contributed by atoms with E-state index in [-0.39, 0.29) is 5.57 Å². The third-order valence-corrected chi connectivity index (χ3v) is 6.58. The second kappa shape index (κ2) is 11.5. The Balaban J connectivity index is 1.65. The highest BCUT2D eigenvalue weighted by atomic mass is 35.5. The zero-order valence-corrected chi connectivity index (χ0v) is 20.3. The minimum Gasteiger partial charge on any atom is -0.872 e. The van der Waals surface area contributed by atoms with Crippen LogP contribution in [0.1, 0.15) is 23.6 Å². The quantitative estimate of drug-likeness (QED) is 0.246. The standard InChI is InChI=1S/C27H29ClN2O5/c1-2-16-35-22-10-6-19(7-11-22)24-23(25(31)20-4-8-21(28)9-5-20)26(32)27(33)30(24)13-3-12-29-14-17-34-18-15-29/h2,4-11,24,31H,1,3,12-18H2. The first-order valence-corrected chi connectivity index (χ1v) is 12.1. The van der Waals surface area contributed by atoms with Gasteiger partial charge < -0.3 is 24.4 Å². The van der Waals surface area contributed by atoms with Crippen molar-refractivity contribution in [3.05, 3.63) is 82.9 Å². The highest BCUT2D eigenvalue weighted by molar-refractivity contribution is 6.46. The molecule has 7 nitrogen and oxygen atoms in total. The molecule has 0 radical (unpaired) electrons. The summed E-state index contributed by atoms with van der Waals surface area (Å²) in [6, 6.07) is 12.7. The molecule has 2 saturated heterocycles. The number of morpholine rings is 1. The molecule has 1 atom stereocenters. The summed E-state index contributed by atoms with van der Waals surface area (Å²) in [6.45, 7) is 8.56. The summed E-state index contributed by atoms with van der Waals surface area (Å²) in [5.41, 5.74) is 0.975. The molecule has 184 valence electrons. The summed E-state index contributed by atoms with van der Waals surface area (Å²) >= 11 is 5.97. The number of halogens is 1. The van der Waals surface area contributed by atoms with E-state index >= 15 is 0 Å². The van der Waals surface area contributed by atoms with Crippen LogP contribution in [0.2, 0.25) is 5.02 Å². The monoisotopic (exact) mass is 496 g/mol. The van der Waals surface area contributed by atoms with Crippen molar-refractivity contribution in [3.8, 4) is 5.75 Å². The van der Waals surface area contributed by atoms with E-state index in [1.54, 1.807) is 54.6 Å². The van der Waals surface area contributed by atoms with Gasteiger partial charge in [0.05, 0.1) is 25.8 Å². The third kappa shape index (κ3) is 5.75. The number of benzene rings is 2. The van der Waals surface area contributed by atoms with Crippen LogP contribution in [0.15, 0.2) is 66.8 Å². The van der Waals surface area contributed by atoms with Crippen LogP contribution in [0.4, 0.5) is 0 Å². The molecule has 4 rings (SSSR count). The number of quaternary nitrogens is 1. The number of ketones is 1. The molecular weight excluding hydrogens is 468 g/mol. The third-order valence-electron chi connectivity index (χ3n) is 6.33. The number of nitrogens with one attached hydrogen (secondary N) is 1. The molecule has 2 fully saturated rings. The minimum absolute atomic E-state index is 0.0317. The van der Waals surface area contributed by atoms with Gasteiger partial charge in [0, 0.05) is 23.6 Å². The van der Waals surface area contributed by atoms with Crippen LogP contribution in [0.25, 0.3) is 5.76 Å². The highest BCUT2D eigenvalue weighted by Gasteiger charge is 2.44. The van der Waals surface area contributed by atoms with Crippen LogP contribution in [0.5, 0.6) is 5.75 Å². The van der Waals surface area contributed by atoms with Crippen LogP contribution in [-0.4, -0.2) is 62.6 Å². The maximum Gasteiger partial charge on any atom is 0.295 e. The van der Waals surface area contributed by atoms with Crippen molar-refractivity contribution in [3.63, 3.8) is 0 Å². The second-order valence-electron chi connectivity index (χ2n) is 8.61. The minimum atomic E-state index is -0.758. The molecule has 0 saturated carbocycles. The first kappa shape index (κ1) is 25.0. The van der Waals surface area contributed by atoms with Crippen LogP contribution in [0, 0.1) is 0 Å². The molecule has 1 amide bonds. The zero-order valence-electron chi connectivity index (χ0n) is 19.5. The highest BCUT2D eigenvalue weighted by Crippen LogP contribution is 2.39. The Labute approximate surface area is 210 Å². The maximum absolute atomic E-state index is 13.4. The number of Topliss-reactive ketones (excluding diaryl/α,β-unsaturated/α-hetero) is 1. The van der Waals surface area contributed by atoms with Crippen molar-refractivity contribution in [1.82, 2.24) is 4.90 Å². The number of hydrogen-bond donors (Lipinski definition) is 1. The molecule has 2 aliphatic rings. The van der Waals surface area contributed by atoms with Gasteiger partial charge in [-0.15, -0.1) is 0 Å². The van der Waals surface area contributed by atoms with Gasteiger partial charge >= 0.3 is 0 Å². The fraction of sp³-hybridized carbons (Fsp3) is 0.333. The summed E-state index contributed by atoms with van der Waals surface area (Å²) in [5.74, 6) is -1.22. The van der Waals surface area contributed by atoms with Gasteiger partial charge in [-0.2, -0.15) is 0 Å². The second-order valence-corrected chi connectivity index (χ2v) is 9.05. The molecule has 2 aromatic carbocycles. The van der Waals surface area contributed by atoms with Crippen molar-refractivity contribution in [2.24, 2.45) is 0 Å². The summed E-state index contributed by atoms with van der Waals surface area (Å²) < 4.78 is 11.0. The van der Waals surface area contributed by atoms with Gasteiger partial charge in [0.15, 0.2) is 0 Å². The van der Waals surface area contributed by atoms with Crippen LogP contribution < -0.4 is 14.7 Å². The van der Waals surface area contributed by atoms with Gasteiger partial charge in [-0.05, 0) is 35.4 Å². The van der Waals surface area contributed by atoms with Crippen LogP contribution in [-0.2, 0) is 14.3 Å². The fourth-order valence-electron chi connectivity index (χ4n) is 4.52. The Kier molecular flexibility index (Phi) is 8.23. The molecule has 2 aromatic rings. The number of rotatable bonds is 9. The fourth-order valence-corrected chi connectivity index (χ4v) is 4.64. The summed E-state index contributed by atoms with van der Waals surface area (Å²) in [6.07, 6.45) is 2.37. The summed E-state index contributed by atoms with van der Waals surface area (Å²) in [4.78, 5) is 29.2. The number of likely N-dealkylation sites (tertiary alicyclic amines) is 1. The van der Waals surface area contributed by atoms with Crippen molar-refractivity contribution in [1.29, 1.82) is 0 Å². The van der Waals surface area contributed by atoms with E-state index in [4.69, 9.17) is 21.1 Å². The zero-order chi connectivity index (χ0) is 24.8. The largest absolute Gasteiger partial charge is 0.872 e. The Morgan fingerprint density at radius 2 is 1.83 bits per heavy atom. The number of ether oxygens (including phenoxy) is 2. The molecule has 0 bridgehead atoms.